The summed E-state index contributed by atoms with van der Waals surface area (Å²) in [6.07, 6.45) is 0.671. The highest BCUT2D eigenvalue weighted by Gasteiger charge is 2.37. The van der Waals surface area contributed by atoms with Gasteiger partial charge in [-0.1, -0.05) is 6.92 Å². The van der Waals surface area contributed by atoms with E-state index in [9.17, 15) is 34.1 Å². The molecular weight excluding hydrogens is 496 g/mol. The molecule has 1 aliphatic rings. The Morgan fingerprint density at radius 2 is 1.37 bits per heavy atom. The Bertz CT molecular complexity index is 1460. The van der Waals surface area contributed by atoms with Crippen LogP contribution in [0.2, 0.25) is 0 Å². The van der Waals surface area contributed by atoms with E-state index in [2.05, 4.69) is 0 Å². The first-order chi connectivity index (χ1) is 18.2. The average Bonchev–Trinajstić information content (AvgIpc) is 3.19. The molecule has 0 N–H and O–H groups in total. The Balaban J connectivity index is 1.44. The number of imide groups is 1. The van der Waals surface area contributed by atoms with E-state index in [1.807, 2.05) is 6.92 Å². The maximum Gasteiger partial charge on any atom is 0.338 e. The lowest BCUT2D eigenvalue weighted by molar-refractivity contribution is -0.384. The molecule has 0 radical (unpaired) electrons. The topological polar surface area (TPSA) is 150 Å². The van der Waals surface area contributed by atoms with Gasteiger partial charge < -0.3 is 9.47 Å². The van der Waals surface area contributed by atoms with E-state index in [-0.39, 0.29) is 45.8 Å². The number of amides is 2. The minimum atomic E-state index is -0.892. The number of carbonyl (C=O) groups is 5. The standard InChI is InChI=1S/C27H20N2O9/c1-2-13-37-26(33)17-5-8-19(9-6-17)28-24(31)21-12-7-18(14-22(21)25(28)32)27(34)38-15-23(30)16-3-10-20(11-4-16)29(35)36/h3-12,14H,2,13,15H2,1H3. The van der Waals surface area contributed by atoms with Crippen LogP contribution in [-0.4, -0.2) is 47.7 Å². The van der Waals surface area contributed by atoms with Gasteiger partial charge in [0.2, 0.25) is 0 Å². The molecule has 3 aromatic carbocycles. The van der Waals surface area contributed by atoms with Crippen molar-refractivity contribution in [3.63, 3.8) is 0 Å². The van der Waals surface area contributed by atoms with Crippen LogP contribution in [-0.2, 0) is 9.47 Å². The Labute approximate surface area is 215 Å². The highest BCUT2D eigenvalue weighted by molar-refractivity contribution is 6.34. The van der Waals surface area contributed by atoms with Crippen molar-refractivity contribution >= 4 is 40.9 Å². The van der Waals surface area contributed by atoms with Crippen LogP contribution >= 0.6 is 0 Å². The van der Waals surface area contributed by atoms with Crippen molar-refractivity contribution in [2.75, 3.05) is 18.1 Å². The average molecular weight is 516 g/mol. The normalized spacial score (nSPS) is 12.2. The second kappa shape index (κ2) is 10.8. The fourth-order valence-electron chi connectivity index (χ4n) is 3.69. The van der Waals surface area contributed by atoms with Crippen LogP contribution in [0.5, 0.6) is 0 Å². The van der Waals surface area contributed by atoms with E-state index in [1.165, 1.54) is 54.6 Å². The van der Waals surface area contributed by atoms with Crippen LogP contribution in [0.15, 0.2) is 66.7 Å². The first-order valence-electron chi connectivity index (χ1n) is 11.5. The number of nitro benzene ring substituents is 1. The summed E-state index contributed by atoms with van der Waals surface area (Å²) < 4.78 is 10.1. The molecule has 0 saturated carbocycles. The van der Waals surface area contributed by atoms with Crippen LogP contribution in [0.1, 0.15) is 65.1 Å². The van der Waals surface area contributed by atoms with E-state index in [0.717, 1.165) is 17.0 Å². The minimum Gasteiger partial charge on any atom is -0.462 e. The number of Topliss-reactive ketones (excluding diaryl/α,β-unsaturated/α-hetero) is 1. The minimum absolute atomic E-state index is 0.0161. The third-order valence-electron chi connectivity index (χ3n) is 5.66. The Hall–Kier alpha value is -5.19. The first kappa shape index (κ1) is 25.9. The highest BCUT2D eigenvalue weighted by Crippen LogP contribution is 2.29. The van der Waals surface area contributed by atoms with Gasteiger partial charge in [0.1, 0.15) is 0 Å². The molecule has 0 saturated heterocycles. The number of hydrogen-bond acceptors (Lipinski definition) is 9. The van der Waals surface area contributed by atoms with Crippen LogP contribution < -0.4 is 4.90 Å². The highest BCUT2D eigenvalue weighted by atomic mass is 16.6. The summed E-state index contributed by atoms with van der Waals surface area (Å²) in [6, 6.07) is 14.5. The fraction of sp³-hybridized carbons (Fsp3) is 0.148. The van der Waals surface area contributed by atoms with Crippen LogP contribution in [0.4, 0.5) is 11.4 Å². The predicted octanol–water partition coefficient (Wildman–Crippen LogP) is 4.00. The molecule has 0 fully saturated rings. The number of fused-ring (bicyclic) bond motifs is 1. The molecule has 192 valence electrons. The number of nitro groups is 1. The van der Waals surface area contributed by atoms with Crippen LogP contribution in [0.3, 0.4) is 0 Å². The van der Waals surface area contributed by atoms with E-state index in [0.29, 0.717) is 6.42 Å². The van der Waals surface area contributed by atoms with Crippen molar-refractivity contribution < 1.29 is 38.4 Å². The summed E-state index contributed by atoms with van der Waals surface area (Å²) in [5, 5.41) is 10.7. The van der Waals surface area contributed by atoms with Gasteiger partial charge in [0, 0.05) is 17.7 Å². The zero-order valence-electron chi connectivity index (χ0n) is 20.0. The molecule has 1 aliphatic heterocycles. The number of ketones is 1. The van der Waals surface area contributed by atoms with E-state index in [1.54, 1.807) is 0 Å². The van der Waals surface area contributed by atoms with E-state index in [4.69, 9.17) is 9.47 Å². The quantitative estimate of drug-likeness (QED) is 0.135. The first-order valence-corrected chi connectivity index (χ1v) is 11.5. The molecular formula is C27H20N2O9. The lowest BCUT2D eigenvalue weighted by Gasteiger charge is -2.14. The van der Waals surface area contributed by atoms with E-state index >= 15 is 0 Å². The van der Waals surface area contributed by atoms with Crippen molar-refractivity contribution in [2.24, 2.45) is 0 Å². The maximum absolute atomic E-state index is 13.0. The lowest BCUT2D eigenvalue weighted by Crippen LogP contribution is -2.29. The molecule has 0 aliphatic carbocycles. The second-order valence-corrected chi connectivity index (χ2v) is 8.19. The van der Waals surface area contributed by atoms with Gasteiger partial charge >= 0.3 is 11.9 Å². The number of anilines is 1. The molecule has 2 amide bonds. The molecule has 0 aromatic heterocycles. The number of esters is 2. The summed E-state index contributed by atoms with van der Waals surface area (Å²) >= 11 is 0. The summed E-state index contributed by atoms with van der Waals surface area (Å²) in [4.78, 5) is 73.8. The van der Waals surface area contributed by atoms with Crippen LogP contribution in [0.25, 0.3) is 0 Å². The number of non-ortho nitro benzene ring substituents is 1. The SMILES string of the molecule is CCCOC(=O)c1ccc(N2C(=O)c3ccc(C(=O)OCC(=O)c4ccc([N+](=O)[O-])cc4)cc3C2=O)cc1. The zero-order valence-corrected chi connectivity index (χ0v) is 20.0. The summed E-state index contributed by atoms with van der Waals surface area (Å²) in [6.45, 7) is 1.51. The van der Waals surface area contributed by atoms with Gasteiger partial charge in [-0.25, -0.2) is 14.5 Å². The largest absolute Gasteiger partial charge is 0.462 e. The fourth-order valence-corrected chi connectivity index (χ4v) is 3.69. The molecule has 11 nitrogen and oxygen atoms in total. The molecule has 0 spiro atoms. The smallest absolute Gasteiger partial charge is 0.338 e. The molecule has 1 heterocycles. The monoisotopic (exact) mass is 516 g/mol. The zero-order chi connectivity index (χ0) is 27.4. The summed E-state index contributed by atoms with van der Waals surface area (Å²) in [5.74, 6) is -3.25. The van der Waals surface area contributed by atoms with Gasteiger partial charge in [0.05, 0.1) is 39.5 Å². The molecule has 0 unspecified atom stereocenters. The van der Waals surface area contributed by atoms with E-state index < -0.39 is 41.1 Å². The van der Waals surface area contributed by atoms with Gasteiger partial charge in [-0.05, 0) is 61.0 Å². The predicted molar refractivity (Wildman–Crippen MR) is 132 cm³/mol. The third kappa shape index (κ3) is 5.16. The molecule has 4 rings (SSSR count). The third-order valence-corrected chi connectivity index (χ3v) is 5.66. The number of nitrogens with zero attached hydrogens (tertiary/aromatic N) is 2. The van der Waals surface area contributed by atoms with Gasteiger partial charge in [0.25, 0.3) is 17.5 Å². The Morgan fingerprint density at radius 3 is 2.00 bits per heavy atom. The second-order valence-electron chi connectivity index (χ2n) is 8.19. The molecule has 0 bridgehead atoms. The van der Waals surface area contributed by atoms with Crippen molar-refractivity contribution in [2.45, 2.75) is 13.3 Å². The van der Waals surface area contributed by atoms with Crippen molar-refractivity contribution in [3.8, 4) is 0 Å². The number of hydrogen-bond donors (Lipinski definition) is 0. The molecule has 3 aromatic rings. The molecule has 38 heavy (non-hydrogen) atoms. The van der Waals surface area contributed by atoms with Crippen molar-refractivity contribution in [1.82, 2.24) is 0 Å². The maximum atomic E-state index is 13.0. The number of benzene rings is 3. The Kier molecular flexibility index (Phi) is 7.38. The van der Waals surface area contributed by atoms with Gasteiger partial charge in [-0.15, -0.1) is 0 Å². The van der Waals surface area contributed by atoms with Crippen molar-refractivity contribution in [1.29, 1.82) is 0 Å². The number of carbonyl (C=O) groups excluding carboxylic acids is 5. The summed E-state index contributed by atoms with van der Waals surface area (Å²) in [7, 11) is 0. The van der Waals surface area contributed by atoms with Gasteiger partial charge in [-0.2, -0.15) is 0 Å². The molecule has 0 atom stereocenters. The van der Waals surface area contributed by atoms with Gasteiger partial charge in [-0.3, -0.25) is 24.5 Å². The molecule has 11 heteroatoms. The summed E-state index contributed by atoms with van der Waals surface area (Å²) in [5.41, 5.74) is 0.469. The van der Waals surface area contributed by atoms with Crippen LogP contribution in [0, 0.1) is 10.1 Å². The number of rotatable bonds is 9. The Morgan fingerprint density at radius 1 is 0.789 bits per heavy atom. The number of ether oxygens (including phenoxy) is 2. The lowest BCUT2D eigenvalue weighted by atomic mass is 10.1. The van der Waals surface area contributed by atoms with Crippen molar-refractivity contribution in [3.05, 3.63) is 105 Å². The van der Waals surface area contributed by atoms with Gasteiger partial charge in [0.15, 0.2) is 12.4 Å².